The summed E-state index contributed by atoms with van der Waals surface area (Å²) >= 11 is 0. The lowest BCUT2D eigenvalue weighted by molar-refractivity contribution is 0.407. The quantitative estimate of drug-likeness (QED) is 0.335. The number of aromatic nitrogens is 4. The summed E-state index contributed by atoms with van der Waals surface area (Å²) in [6, 6.07) is 15.0. The standard InChI is InChI=1S/C27H24N4O5S/c1-27(2,3)24-20(28-15-36-24)14-22-26(33)30-21(25(32)31-22)13-19-23(17-11-7-8-12-18(17)29-19)37(34,35)16-9-5-4-6-10-16/h4-15,29H,1-3H3,(H,30,33)(H,31,32). The Bertz CT molecular complexity index is 1970. The van der Waals surface area contributed by atoms with Crippen LogP contribution in [0.1, 0.15) is 37.9 Å². The molecule has 0 saturated heterocycles. The van der Waals surface area contributed by atoms with Gasteiger partial charge in [0.15, 0.2) is 6.39 Å². The third-order valence-electron chi connectivity index (χ3n) is 5.84. The monoisotopic (exact) mass is 516 g/mol. The van der Waals surface area contributed by atoms with Crippen LogP contribution in [0.4, 0.5) is 0 Å². The molecule has 0 spiro atoms. The number of H-pyrrole nitrogens is 3. The number of nitrogens with zero attached hydrogens (tertiary/aromatic N) is 1. The third-order valence-corrected chi connectivity index (χ3v) is 7.71. The van der Waals surface area contributed by atoms with Gasteiger partial charge in [0, 0.05) is 16.3 Å². The molecule has 9 nitrogen and oxygen atoms in total. The van der Waals surface area contributed by atoms with E-state index in [4.69, 9.17) is 4.42 Å². The van der Waals surface area contributed by atoms with Crippen LogP contribution in [0.25, 0.3) is 23.1 Å². The minimum Gasteiger partial charge on any atom is -0.447 e. The normalized spacial score (nSPS) is 13.5. The van der Waals surface area contributed by atoms with Crippen LogP contribution in [-0.4, -0.2) is 28.4 Å². The van der Waals surface area contributed by atoms with E-state index in [1.165, 1.54) is 30.7 Å². The first kappa shape index (κ1) is 24.3. The number of hydrogen-bond acceptors (Lipinski definition) is 6. The first-order valence-electron chi connectivity index (χ1n) is 11.5. The highest BCUT2D eigenvalue weighted by Crippen LogP contribution is 2.32. The second-order valence-corrected chi connectivity index (χ2v) is 11.5. The highest BCUT2D eigenvalue weighted by Gasteiger charge is 2.25. The van der Waals surface area contributed by atoms with Crippen molar-refractivity contribution in [1.29, 1.82) is 0 Å². The fourth-order valence-corrected chi connectivity index (χ4v) is 5.76. The number of aromatic amines is 3. The summed E-state index contributed by atoms with van der Waals surface area (Å²) in [5.74, 6) is 0.567. The molecule has 10 heteroatoms. The zero-order valence-corrected chi connectivity index (χ0v) is 21.1. The fourth-order valence-electron chi connectivity index (χ4n) is 4.14. The Morgan fingerprint density at radius 2 is 1.46 bits per heavy atom. The Balaban J connectivity index is 1.72. The molecule has 3 aromatic heterocycles. The van der Waals surface area contributed by atoms with E-state index in [2.05, 4.69) is 19.9 Å². The molecule has 0 atom stereocenters. The Kier molecular flexibility index (Phi) is 5.83. The molecule has 5 aromatic rings. The maximum absolute atomic E-state index is 13.6. The lowest BCUT2D eigenvalue weighted by Gasteiger charge is -2.14. The van der Waals surface area contributed by atoms with Crippen LogP contribution in [-0.2, 0) is 15.3 Å². The molecule has 0 bridgehead atoms. The number of oxazole rings is 1. The average Bonchev–Trinajstić information content (AvgIpc) is 3.47. The van der Waals surface area contributed by atoms with Crippen molar-refractivity contribution in [1.82, 2.24) is 19.9 Å². The van der Waals surface area contributed by atoms with E-state index in [9.17, 15) is 18.0 Å². The first-order valence-corrected chi connectivity index (χ1v) is 12.9. The minimum atomic E-state index is -3.95. The molecular weight excluding hydrogens is 492 g/mol. The summed E-state index contributed by atoms with van der Waals surface area (Å²) in [6.07, 6.45) is 4.06. The summed E-state index contributed by atoms with van der Waals surface area (Å²) < 4.78 is 32.7. The Morgan fingerprint density at radius 3 is 2.14 bits per heavy atom. The average molecular weight is 517 g/mol. The molecule has 0 fully saturated rings. The van der Waals surface area contributed by atoms with Crippen molar-refractivity contribution < 1.29 is 12.8 Å². The molecule has 0 aliphatic rings. The summed E-state index contributed by atoms with van der Waals surface area (Å²) in [4.78, 5) is 38.3. The van der Waals surface area contributed by atoms with Gasteiger partial charge in [-0.1, -0.05) is 57.2 Å². The summed E-state index contributed by atoms with van der Waals surface area (Å²) in [5.41, 5.74) is -0.357. The molecule has 3 N–H and O–H groups in total. The largest absolute Gasteiger partial charge is 0.447 e. The lowest BCUT2D eigenvalue weighted by Crippen LogP contribution is -2.46. The van der Waals surface area contributed by atoms with Gasteiger partial charge < -0.3 is 19.4 Å². The van der Waals surface area contributed by atoms with Gasteiger partial charge >= 0.3 is 0 Å². The van der Waals surface area contributed by atoms with Crippen molar-refractivity contribution >= 4 is 32.9 Å². The molecule has 2 aromatic carbocycles. The number of benzene rings is 2. The zero-order valence-electron chi connectivity index (χ0n) is 20.3. The number of para-hydroxylation sites is 1. The van der Waals surface area contributed by atoms with Crippen LogP contribution in [0.2, 0.25) is 0 Å². The minimum absolute atomic E-state index is 0.00433. The van der Waals surface area contributed by atoms with Crippen molar-refractivity contribution in [3.63, 3.8) is 0 Å². The van der Waals surface area contributed by atoms with Gasteiger partial charge in [0.05, 0.1) is 10.6 Å². The molecule has 37 heavy (non-hydrogen) atoms. The van der Waals surface area contributed by atoms with Gasteiger partial charge in [-0.05, 0) is 30.4 Å². The molecule has 3 heterocycles. The van der Waals surface area contributed by atoms with Crippen molar-refractivity contribution in [2.24, 2.45) is 0 Å². The molecule has 0 unspecified atom stereocenters. The molecule has 188 valence electrons. The van der Waals surface area contributed by atoms with Crippen LogP contribution in [0.15, 0.2) is 84.8 Å². The second-order valence-electron chi connectivity index (χ2n) is 9.57. The van der Waals surface area contributed by atoms with Crippen molar-refractivity contribution in [2.75, 3.05) is 0 Å². The van der Waals surface area contributed by atoms with Crippen LogP contribution in [0.5, 0.6) is 0 Å². The van der Waals surface area contributed by atoms with Crippen LogP contribution in [0.3, 0.4) is 0 Å². The number of rotatable bonds is 4. The van der Waals surface area contributed by atoms with E-state index in [1.54, 1.807) is 42.5 Å². The summed E-state index contributed by atoms with van der Waals surface area (Å²) in [7, 11) is -3.95. The van der Waals surface area contributed by atoms with Gasteiger partial charge in [0.25, 0.3) is 11.1 Å². The SMILES string of the molecule is CC(C)(C)c1ocnc1C=c1[nH]c(=O)c(=Cc2[nH]c3ccccc3c2S(=O)(=O)c2ccccc2)[nH]c1=O. The molecule has 0 aliphatic carbocycles. The van der Waals surface area contributed by atoms with Gasteiger partial charge in [0.1, 0.15) is 27.0 Å². The summed E-state index contributed by atoms with van der Waals surface area (Å²) in [5, 5.41) is 0.367. The maximum Gasteiger partial charge on any atom is 0.272 e. The molecule has 0 saturated carbocycles. The van der Waals surface area contributed by atoms with E-state index in [0.29, 0.717) is 22.4 Å². The van der Waals surface area contributed by atoms with Gasteiger partial charge in [-0.25, -0.2) is 13.4 Å². The smallest absolute Gasteiger partial charge is 0.272 e. The van der Waals surface area contributed by atoms with Crippen LogP contribution in [0, 0.1) is 0 Å². The predicted molar refractivity (Wildman–Crippen MR) is 139 cm³/mol. The maximum atomic E-state index is 13.6. The van der Waals surface area contributed by atoms with Gasteiger partial charge in [0.2, 0.25) is 9.84 Å². The second kappa shape index (κ2) is 8.90. The Hall–Kier alpha value is -4.44. The van der Waals surface area contributed by atoms with E-state index < -0.39 is 21.0 Å². The highest BCUT2D eigenvalue weighted by molar-refractivity contribution is 7.91. The van der Waals surface area contributed by atoms with Crippen molar-refractivity contribution in [2.45, 2.75) is 36.0 Å². The number of sulfone groups is 1. The fraction of sp³-hybridized carbons (Fsp3) is 0.148. The molecule has 5 rings (SSSR count). The highest BCUT2D eigenvalue weighted by atomic mass is 32.2. The third kappa shape index (κ3) is 4.47. The Morgan fingerprint density at radius 1 is 0.838 bits per heavy atom. The van der Waals surface area contributed by atoms with E-state index in [1.807, 2.05) is 20.8 Å². The molecule has 0 aliphatic heterocycles. The van der Waals surface area contributed by atoms with Gasteiger partial charge in [-0.2, -0.15) is 0 Å². The topological polar surface area (TPSA) is 142 Å². The number of nitrogens with one attached hydrogen (secondary N) is 3. The summed E-state index contributed by atoms with van der Waals surface area (Å²) in [6.45, 7) is 5.83. The molecule has 0 amide bonds. The van der Waals surface area contributed by atoms with Crippen LogP contribution >= 0.6 is 0 Å². The molecule has 0 radical (unpaired) electrons. The van der Waals surface area contributed by atoms with Crippen molar-refractivity contribution in [3.05, 3.63) is 110 Å². The first-order chi connectivity index (χ1) is 17.6. The molecular formula is C27H24N4O5S. The van der Waals surface area contributed by atoms with Gasteiger partial charge in [-0.15, -0.1) is 0 Å². The Labute approximate surface area is 211 Å². The zero-order chi connectivity index (χ0) is 26.4. The van der Waals surface area contributed by atoms with Crippen LogP contribution < -0.4 is 21.8 Å². The van der Waals surface area contributed by atoms with Gasteiger partial charge in [-0.3, -0.25) is 9.59 Å². The van der Waals surface area contributed by atoms with E-state index >= 15 is 0 Å². The predicted octanol–water partition coefficient (Wildman–Crippen LogP) is 2.32. The lowest BCUT2D eigenvalue weighted by atomic mass is 9.92. The van der Waals surface area contributed by atoms with Crippen molar-refractivity contribution in [3.8, 4) is 0 Å². The van der Waals surface area contributed by atoms with E-state index in [-0.39, 0.29) is 31.6 Å². The number of hydrogen-bond donors (Lipinski definition) is 3. The van der Waals surface area contributed by atoms with E-state index in [0.717, 1.165) is 0 Å². The number of fused-ring (bicyclic) bond motifs is 1.